The Balaban J connectivity index is 2.25. The van der Waals surface area contributed by atoms with Gasteiger partial charge in [0.2, 0.25) is 0 Å². The van der Waals surface area contributed by atoms with Crippen LogP contribution in [0.5, 0.6) is 0 Å². The first-order valence-electron chi connectivity index (χ1n) is 5.99. The molecule has 2 N–H and O–H groups in total. The van der Waals surface area contributed by atoms with Gasteiger partial charge in [-0.05, 0) is 0 Å². The minimum atomic E-state index is -1.22. The summed E-state index contributed by atoms with van der Waals surface area (Å²) in [5.41, 5.74) is 1.62. The van der Waals surface area contributed by atoms with Crippen LogP contribution in [0.15, 0.2) is 42.0 Å². The molecular weight excluding hydrogens is 283 g/mol. The van der Waals surface area contributed by atoms with Crippen molar-refractivity contribution in [2.24, 2.45) is 0 Å². The Kier molecular flexibility index (Phi) is 4.70. The monoisotopic (exact) mass is 293 g/mol. The molecule has 2 aromatic rings. The summed E-state index contributed by atoms with van der Waals surface area (Å²) in [7, 11) is 5.28. The van der Waals surface area contributed by atoms with Crippen molar-refractivity contribution < 1.29 is 9.90 Å². The molecule has 1 radical (unpaired) electrons. The number of nitrogens with zero attached hydrogens (tertiary/aromatic N) is 1. The van der Waals surface area contributed by atoms with E-state index in [0.29, 0.717) is 0 Å². The molecule has 1 aromatic carbocycles. The molecule has 1 heterocycles. The Morgan fingerprint density at radius 1 is 1.29 bits per heavy atom. The number of thiophene rings is 1. The van der Waals surface area contributed by atoms with Crippen LogP contribution >= 0.6 is 11.3 Å². The molecule has 0 aliphatic rings. The van der Waals surface area contributed by atoms with E-state index in [-0.39, 0.29) is 5.57 Å². The number of hydrogen-bond acceptors (Lipinski definition) is 4. The number of carbonyl (C=O) groups is 1. The van der Waals surface area contributed by atoms with Crippen molar-refractivity contribution in [1.29, 1.82) is 5.26 Å². The van der Waals surface area contributed by atoms with Crippen molar-refractivity contribution in [1.82, 2.24) is 0 Å². The summed E-state index contributed by atoms with van der Waals surface area (Å²) in [4.78, 5) is 12.5. The van der Waals surface area contributed by atoms with E-state index in [1.54, 1.807) is 12.1 Å². The molecule has 0 amide bonds. The number of rotatable bonds is 5. The molecular formula is C15H10BN2O2S. The van der Waals surface area contributed by atoms with Crippen molar-refractivity contribution in [3.63, 3.8) is 0 Å². The molecule has 4 nitrogen and oxygen atoms in total. The molecule has 0 fully saturated rings. The van der Waals surface area contributed by atoms with Gasteiger partial charge in [0, 0.05) is 0 Å². The third-order valence-corrected chi connectivity index (χ3v) is 3.76. The summed E-state index contributed by atoms with van der Waals surface area (Å²) in [5.74, 6) is -1.22. The Labute approximate surface area is 127 Å². The molecule has 6 heteroatoms. The second-order valence-corrected chi connectivity index (χ2v) is 5.18. The molecule has 1 aromatic heterocycles. The zero-order chi connectivity index (χ0) is 15.2. The van der Waals surface area contributed by atoms with Crippen molar-refractivity contribution in [3.05, 3.63) is 46.8 Å². The van der Waals surface area contributed by atoms with Crippen molar-refractivity contribution in [3.8, 4) is 16.5 Å². The standard InChI is InChI=1S/C15H10BN2O2S/c16-9-18-12-3-1-10(2-4-12)14-6-5-13(21-14)7-11(8-17)15(19)20/h1-7,9,18H,(H,19,20)/b11-7+. The SMILES string of the molecule is [B]=CNc1ccc(-c2ccc(/C=C(\C#N)C(=O)O)s2)cc1. The Bertz CT molecular complexity index is 742. The number of carboxylic acids is 1. The summed E-state index contributed by atoms with van der Waals surface area (Å²) in [6.45, 7) is 0. The zero-order valence-electron chi connectivity index (χ0n) is 10.9. The first-order valence-corrected chi connectivity index (χ1v) is 6.81. The predicted octanol–water partition coefficient (Wildman–Crippen LogP) is 2.75. The second-order valence-electron chi connectivity index (χ2n) is 4.07. The van der Waals surface area contributed by atoms with Crippen molar-refractivity contribution in [2.45, 2.75) is 0 Å². The summed E-state index contributed by atoms with van der Waals surface area (Å²) >= 11 is 1.42. The number of nitriles is 1. The van der Waals surface area contributed by atoms with E-state index in [4.69, 9.17) is 17.9 Å². The third kappa shape index (κ3) is 3.68. The third-order valence-electron chi connectivity index (χ3n) is 2.68. The van der Waals surface area contributed by atoms with Crippen LogP contribution in [-0.4, -0.2) is 24.7 Å². The van der Waals surface area contributed by atoms with E-state index in [2.05, 4.69) is 5.32 Å². The fourth-order valence-electron chi connectivity index (χ4n) is 1.70. The van der Waals surface area contributed by atoms with Gasteiger partial charge in [0.25, 0.3) is 0 Å². The topological polar surface area (TPSA) is 73.1 Å². The molecule has 0 saturated carbocycles. The number of carboxylic acid groups (broad SMARTS) is 1. The normalized spacial score (nSPS) is 10.7. The molecule has 0 saturated heterocycles. The minimum absolute atomic E-state index is 0.276. The van der Waals surface area contributed by atoms with E-state index in [9.17, 15) is 4.79 Å². The van der Waals surface area contributed by atoms with Gasteiger partial charge < -0.3 is 5.11 Å². The van der Waals surface area contributed by atoms with Gasteiger partial charge in [-0.25, -0.2) is 4.79 Å². The van der Waals surface area contributed by atoms with Crippen LogP contribution in [-0.2, 0) is 4.79 Å². The van der Waals surface area contributed by atoms with Gasteiger partial charge in [-0.15, -0.1) is 0 Å². The van der Waals surface area contributed by atoms with Gasteiger partial charge in [-0.2, -0.15) is 5.26 Å². The van der Waals surface area contributed by atoms with E-state index in [1.165, 1.54) is 23.5 Å². The van der Waals surface area contributed by atoms with Gasteiger partial charge >= 0.3 is 111 Å². The van der Waals surface area contributed by atoms with Gasteiger partial charge in [0.1, 0.15) is 0 Å². The molecule has 0 bridgehead atoms. The summed E-state index contributed by atoms with van der Waals surface area (Å²) in [5, 5.41) is 20.5. The fourth-order valence-corrected chi connectivity index (χ4v) is 2.65. The molecule has 0 aliphatic carbocycles. The number of benzene rings is 1. The van der Waals surface area contributed by atoms with Crippen molar-refractivity contribution >= 4 is 42.6 Å². The molecule has 0 unspecified atom stereocenters. The van der Waals surface area contributed by atoms with Crippen LogP contribution in [0.2, 0.25) is 0 Å². The molecule has 0 atom stereocenters. The maximum atomic E-state index is 10.8. The molecule has 0 aliphatic heterocycles. The summed E-state index contributed by atoms with van der Waals surface area (Å²) in [6.07, 6.45) is 2.73. The Hall–Kier alpha value is -2.65. The molecule has 21 heavy (non-hydrogen) atoms. The average molecular weight is 293 g/mol. The van der Waals surface area contributed by atoms with Gasteiger partial charge in [-0.3, -0.25) is 0 Å². The average Bonchev–Trinajstić information content (AvgIpc) is 2.94. The number of anilines is 1. The number of nitrogens with one attached hydrogen (secondary N) is 1. The summed E-state index contributed by atoms with van der Waals surface area (Å²) in [6, 6.07) is 13.0. The van der Waals surface area contributed by atoms with Gasteiger partial charge in [0.05, 0.1) is 0 Å². The number of hydrogen-bond donors (Lipinski definition) is 2. The first-order chi connectivity index (χ1) is 10.1. The Morgan fingerprint density at radius 3 is 2.57 bits per heavy atom. The first kappa shape index (κ1) is 14.8. The number of aliphatic carboxylic acids is 1. The molecule has 0 spiro atoms. The maximum absolute atomic E-state index is 10.8. The van der Waals surface area contributed by atoms with Crippen LogP contribution in [0.25, 0.3) is 16.5 Å². The molecule has 101 valence electrons. The van der Waals surface area contributed by atoms with E-state index < -0.39 is 5.97 Å². The quantitative estimate of drug-likeness (QED) is 0.505. The fraction of sp³-hybridized carbons (Fsp3) is 0. The predicted molar refractivity (Wildman–Crippen MR) is 86.4 cm³/mol. The van der Waals surface area contributed by atoms with E-state index in [1.807, 2.05) is 30.3 Å². The van der Waals surface area contributed by atoms with E-state index in [0.717, 1.165) is 21.0 Å². The second kappa shape index (κ2) is 6.68. The van der Waals surface area contributed by atoms with Crippen LogP contribution in [0, 0.1) is 11.3 Å². The van der Waals surface area contributed by atoms with Crippen LogP contribution < -0.4 is 5.32 Å². The molecule has 2 rings (SSSR count). The zero-order valence-corrected chi connectivity index (χ0v) is 11.7. The Morgan fingerprint density at radius 2 is 2.00 bits per heavy atom. The van der Waals surface area contributed by atoms with Gasteiger partial charge in [0.15, 0.2) is 0 Å². The van der Waals surface area contributed by atoms with Crippen LogP contribution in [0.1, 0.15) is 4.88 Å². The van der Waals surface area contributed by atoms with E-state index >= 15 is 0 Å². The van der Waals surface area contributed by atoms with Crippen LogP contribution in [0.4, 0.5) is 5.69 Å². The van der Waals surface area contributed by atoms with Crippen LogP contribution in [0.3, 0.4) is 0 Å². The summed E-state index contributed by atoms with van der Waals surface area (Å²) < 4.78 is 0. The van der Waals surface area contributed by atoms with Gasteiger partial charge in [-0.1, -0.05) is 0 Å². The van der Waals surface area contributed by atoms with Crippen molar-refractivity contribution in [2.75, 3.05) is 5.32 Å².